The molecule has 0 unspecified atom stereocenters. The summed E-state index contributed by atoms with van der Waals surface area (Å²) in [6, 6.07) is 0. The molecule has 0 aromatic rings. The second-order valence-corrected chi connectivity index (χ2v) is 8.22. The standard InChI is InChI=1S/C11H24.C6H14.C2H6/c1-9(2)8-11(6,7)10(3,4)5;1-5(2)6(3)4;1-2/h9H,8H2,1-7H3;5-6H,1-4H3;1-2H3. The lowest BCUT2D eigenvalue weighted by molar-refractivity contribution is 0.102. The van der Waals surface area contributed by atoms with E-state index in [0.717, 1.165) is 17.8 Å². The van der Waals surface area contributed by atoms with E-state index in [4.69, 9.17) is 0 Å². The van der Waals surface area contributed by atoms with Gasteiger partial charge in [0.25, 0.3) is 0 Å². The van der Waals surface area contributed by atoms with E-state index in [1.807, 2.05) is 13.8 Å². The molecule has 120 valence electrons. The van der Waals surface area contributed by atoms with Crippen LogP contribution in [0.15, 0.2) is 0 Å². The second kappa shape index (κ2) is 10.7. The van der Waals surface area contributed by atoms with Gasteiger partial charge in [-0.25, -0.2) is 0 Å². The van der Waals surface area contributed by atoms with Gasteiger partial charge in [0.2, 0.25) is 0 Å². The van der Waals surface area contributed by atoms with Crippen molar-refractivity contribution >= 4 is 0 Å². The van der Waals surface area contributed by atoms with Crippen LogP contribution in [-0.4, -0.2) is 0 Å². The van der Waals surface area contributed by atoms with E-state index in [2.05, 4.69) is 76.2 Å². The van der Waals surface area contributed by atoms with Crippen LogP contribution < -0.4 is 0 Å². The van der Waals surface area contributed by atoms with Crippen LogP contribution >= 0.6 is 0 Å². The Labute approximate surface area is 125 Å². The molecule has 0 amide bonds. The maximum atomic E-state index is 2.37. The maximum absolute atomic E-state index is 2.37. The molecule has 0 spiro atoms. The predicted octanol–water partition coefficient (Wildman–Crippen LogP) is 7.43. The molecular weight excluding hydrogens is 228 g/mol. The number of hydrogen-bond donors (Lipinski definition) is 0. The molecule has 0 fully saturated rings. The number of rotatable bonds is 3. The predicted molar refractivity (Wildman–Crippen MR) is 93.7 cm³/mol. The van der Waals surface area contributed by atoms with Crippen LogP contribution in [0.25, 0.3) is 0 Å². The van der Waals surface area contributed by atoms with Crippen LogP contribution in [0.1, 0.15) is 96.4 Å². The van der Waals surface area contributed by atoms with Gasteiger partial charge in [-0.3, -0.25) is 0 Å². The van der Waals surface area contributed by atoms with E-state index in [0.29, 0.717) is 10.8 Å². The summed E-state index contributed by atoms with van der Waals surface area (Å²) in [6.45, 7) is 29.3. The van der Waals surface area contributed by atoms with Crippen LogP contribution in [0, 0.1) is 28.6 Å². The maximum Gasteiger partial charge on any atom is -0.0303 e. The molecule has 0 aromatic heterocycles. The van der Waals surface area contributed by atoms with E-state index >= 15 is 0 Å². The van der Waals surface area contributed by atoms with Crippen molar-refractivity contribution in [2.45, 2.75) is 96.4 Å². The smallest absolute Gasteiger partial charge is 0.0303 e. The first-order valence-corrected chi connectivity index (χ1v) is 8.31. The van der Waals surface area contributed by atoms with Crippen molar-refractivity contribution in [1.29, 1.82) is 0 Å². The molecule has 0 aliphatic heterocycles. The van der Waals surface area contributed by atoms with Crippen molar-refractivity contribution in [1.82, 2.24) is 0 Å². The van der Waals surface area contributed by atoms with E-state index < -0.39 is 0 Å². The Morgan fingerprint density at radius 3 is 0.947 bits per heavy atom. The highest BCUT2D eigenvalue weighted by atomic mass is 14.4. The summed E-state index contributed by atoms with van der Waals surface area (Å²) in [4.78, 5) is 0. The Morgan fingerprint density at radius 1 is 0.632 bits per heavy atom. The minimum absolute atomic E-state index is 0.428. The van der Waals surface area contributed by atoms with E-state index in [1.54, 1.807) is 0 Å². The normalized spacial score (nSPS) is 12.0. The van der Waals surface area contributed by atoms with E-state index in [1.165, 1.54) is 6.42 Å². The minimum Gasteiger partial charge on any atom is -0.0683 e. The molecule has 0 heterocycles. The molecule has 0 rings (SSSR count). The van der Waals surface area contributed by atoms with Gasteiger partial charge in [-0.05, 0) is 35.0 Å². The molecule has 0 N–H and O–H groups in total. The average Bonchev–Trinajstić information content (AvgIpc) is 2.17. The van der Waals surface area contributed by atoms with Crippen LogP contribution in [0.3, 0.4) is 0 Å². The van der Waals surface area contributed by atoms with Crippen molar-refractivity contribution in [2.75, 3.05) is 0 Å². The van der Waals surface area contributed by atoms with Crippen LogP contribution in [0.4, 0.5) is 0 Å². The number of hydrogen-bond acceptors (Lipinski definition) is 0. The Hall–Kier alpha value is 0. The van der Waals surface area contributed by atoms with Crippen molar-refractivity contribution < 1.29 is 0 Å². The van der Waals surface area contributed by atoms with Crippen molar-refractivity contribution in [2.24, 2.45) is 28.6 Å². The van der Waals surface area contributed by atoms with Crippen LogP contribution in [-0.2, 0) is 0 Å². The first kappa shape index (κ1) is 24.0. The van der Waals surface area contributed by atoms with Gasteiger partial charge in [-0.15, -0.1) is 0 Å². The molecular formula is C19H44. The summed E-state index contributed by atoms with van der Waals surface area (Å²) in [7, 11) is 0. The Morgan fingerprint density at radius 2 is 0.895 bits per heavy atom. The summed E-state index contributed by atoms with van der Waals surface area (Å²) in [5.41, 5.74) is 0.887. The lowest BCUT2D eigenvalue weighted by Gasteiger charge is -2.40. The van der Waals surface area contributed by atoms with Gasteiger partial charge in [-0.1, -0.05) is 90.0 Å². The third kappa shape index (κ3) is 14.2. The van der Waals surface area contributed by atoms with Crippen molar-refractivity contribution in [3.8, 4) is 0 Å². The first-order valence-electron chi connectivity index (χ1n) is 8.31. The Bertz CT molecular complexity index is 171. The zero-order chi connectivity index (χ0) is 16.4. The molecule has 0 nitrogen and oxygen atoms in total. The van der Waals surface area contributed by atoms with Crippen molar-refractivity contribution in [3.05, 3.63) is 0 Å². The average molecular weight is 273 g/mol. The fourth-order valence-corrected chi connectivity index (χ4v) is 1.33. The highest BCUT2D eigenvalue weighted by Crippen LogP contribution is 2.42. The molecule has 0 atom stereocenters. The first-order chi connectivity index (χ1) is 8.31. The van der Waals surface area contributed by atoms with Gasteiger partial charge < -0.3 is 0 Å². The Balaban J connectivity index is -0.000000271. The summed E-state index contributed by atoms with van der Waals surface area (Å²) in [5, 5.41) is 0. The lowest BCUT2D eigenvalue weighted by Crippen LogP contribution is -2.30. The largest absolute Gasteiger partial charge is 0.0683 e. The van der Waals surface area contributed by atoms with Gasteiger partial charge >= 0.3 is 0 Å². The summed E-state index contributed by atoms with van der Waals surface area (Å²) in [5.74, 6) is 2.51. The fraction of sp³-hybridized carbons (Fsp3) is 1.00. The molecule has 0 bridgehead atoms. The molecule has 0 radical (unpaired) electrons. The zero-order valence-corrected chi connectivity index (χ0v) is 16.4. The second-order valence-electron chi connectivity index (χ2n) is 8.22. The molecule has 0 aliphatic carbocycles. The topological polar surface area (TPSA) is 0 Å². The highest BCUT2D eigenvalue weighted by molar-refractivity contribution is 4.82. The van der Waals surface area contributed by atoms with Crippen LogP contribution in [0.2, 0.25) is 0 Å². The van der Waals surface area contributed by atoms with Gasteiger partial charge in [0, 0.05) is 0 Å². The fourth-order valence-electron chi connectivity index (χ4n) is 1.33. The zero-order valence-electron chi connectivity index (χ0n) is 16.4. The minimum atomic E-state index is 0.428. The van der Waals surface area contributed by atoms with E-state index in [-0.39, 0.29) is 0 Å². The summed E-state index contributed by atoms with van der Waals surface area (Å²) < 4.78 is 0. The molecule has 0 saturated carbocycles. The third-order valence-electron chi connectivity index (χ3n) is 4.28. The summed E-state index contributed by atoms with van der Waals surface area (Å²) >= 11 is 0. The highest BCUT2D eigenvalue weighted by Gasteiger charge is 2.32. The van der Waals surface area contributed by atoms with Crippen molar-refractivity contribution in [3.63, 3.8) is 0 Å². The van der Waals surface area contributed by atoms with Gasteiger partial charge in [0.15, 0.2) is 0 Å². The third-order valence-corrected chi connectivity index (χ3v) is 4.28. The van der Waals surface area contributed by atoms with Gasteiger partial charge in [-0.2, -0.15) is 0 Å². The monoisotopic (exact) mass is 272 g/mol. The Kier molecular flexibility index (Phi) is 13.6. The molecule has 0 aliphatic rings. The molecule has 0 aromatic carbocycles. The lowest BCUT2D eigenvalue weighted by atomic mass is 9.65. The van der Waals surface area contributed by atoms with Gasteiger partial charge in [0.1, 0.15) is 0 Å². The SMILES string of the molecule is CC.CC(C)C(C)C.CC(C)CC(C)(C)C(C)(C)C. The summed E-state index contributed by atoms with van der Waals surface area (Å²) in [6.07, 6.45) is 1.32. The van der Waals surface area contributed by atoms with Gasteiger partial charge in [0.05, 0.1) is 0 Å². The van der Waals surface area contributed by atoms with E-state index in [9.17, 15) is 0 Å². The molecule has 0 heteroatoms. The molecule has 0 saturated heterocycles. The molecule has 19 heavy (non-hydrogen) atoms. The quantitative estimate of drug-likeness (QED) is 0.501. The van der Waals surface area contributed by atoms with Crippen LogP contribution in [0.5, 0.6) is 0 Å².